The van der Waals surface area contributed by atoms with Gasteiger partial charge in [-0.2, -0.15) is 5.10 Å². The molecule has 0 aliphatic carbocycles. The predicted octanol–water partition coefficient (Wildman–Crippen LogP) is 3.82. The molecule has 3 rings (SSSR count). The number of carbonyl (C=O) groups excluding carboxylic acids is 1. The van der Waals surface area contributed by atoms with Gasteiger partial charge in [0.2, 0.25) is 0 Å². The van der Waals surface area contributed by atoms with E-state index < -0.39 is 24.2 Å². The fourth-order valence-corrected chi connectivity index (χ4v) is 3.02. The number of nitrogens with zero attached hydrogens (tertiary/aromatic N) is 5. The number of ether oxygens (including phenoxy) is 1. The molecule has 0 aliphatic rings. The van der Waals surface area contributed by atoms with Gasteiger partial charge >= 0.3 is 6.09 Å². The second-order valence-corrected chi connectivity index (χ2v) is 8.23. The standard InChI is InChI=1S/C20H23F3N8O2/c1-20(2,3)13(9-33-19(25)32)31-8-10(6-27-31)11-7-26-15(4-12(11)21)29-16-5-14(24)28-18(30-16)17(22)23/h4-8,13,17H,9H2,1-3H3,(H2,25,32)(H3,24,26,28,29,30). The lowest BCUT2D eigenvalue weighted by molar-refractivity contribution is 0.0944. The van der Waals surface area contributed by atoms with Gasteiger partial charge in [-0.05, 0) is 5.41 Å². The number of nitrogen functional groups attached to an aromatic ring is 1. The van der Waals surface area contributed by atoms with E-state index in [1.807, 2.05) is 20.8 Å². The van der Waals surface area contributed by atoms with Crippen LogP contribution in [0.15, 0.2) is 30.7 Å². The highest BCUT2D eigenvalue weighted by atomic mass is 19.3. The van der Waals surface area contributed by atoms with E-state index in [1.54, 1.807) is 10.9 Å². The molecule has 0 saturated carbocycles. The van der Waals surface area contributed by atoms with Crippen LogP contribution in [-0.4, -0.2) is 37.4 Å². The zero-order chi connectivity index (χ0) is 24.3. The van der Waals surface area contributed by atoms with Crippen LogP contribution in [0.4, 0.5) is 35.4 Å². The van der Waals surface area contributed by atoms with Crippen molar-refractivity contribution in [2.24, 2.45) is 11.1 Å². The maximum absolute atomic E-state index is 14.8. The number of nitrogens with two attached hydrogens (primary N) is 2. The van der Waals surface area contributed by atoms with E-state index in [4.69, 9.17) is 16.2 Å². The molecule has 33 heavy (non-hydrogen) atoms. The molecule has 0 aromatic carbocycles. The third kappa shape index (κ3) is 5.87. The molecule has 0 fully saturated rings. The predicted molar refractivity (Wildman–Crippen MR) is 114 cm³/mol. The minimum atomic E-state index is -2.91. The quantitative estimate of drug-likeness (QED) is 0.478. The average Bonchev–Trinajstić information content (AvgIpc) is 3.15. The molecular formula is C20H23F3N8O2. The van der Waals surface area contributed by atoms with Crippen LogP contribution in [0.2, 0.25) is 0 Å². The molecule has 0 aliphatic heterocycles. The smallest absolute Gasteiger partial charge is 0.404 e. The summed E-state index contributed by atoms with van der Waals surface area (Å²) in [5.74, 6) is -1.57. The number of alkyl halides is 2. The van der Waals surface area contributed by atoms with Crippen molar-refractivity contribution in [1.29, 1.82) is 0 Å². The van der Waals surface area contributed by atoms with Crippen LogP contribution in [0, 0.1) is 11.2 Å². The van der Waals surface area contributed by atoms with Crippen molar-refractivity contribution >= 4 is 23.5 Å². The molecule has 13 heteroatoms. The van der Waals surface area contributed by atoms with E-state index >= 15 is 0 Å². The van der Waals surface area contributed by atoms with Gasteiger partial charge in [0.05, 0.1) is 12.2 Å². The summed E-state index contributed by atoms with van der Waals surface area (Å²) in [4.78, 5) is 22.2. The van der Waals surface area contributed by atoms with Gasteiger partial charge in [-0.25, -0.2) is 32.9 Å². The molecular weight excluding hydrogens is 441 g/mol. The van der Waals surface area contributed by atoms with Gasteiger partial charge in [0.25, 0.3) is 6.43 Å². The average molecular weight is 464 g/mol. The Bertz CT molecular complexity index is 1150. The Hall–Kier alpha value is -3.90. The van der Waals surface area contributed by atoms with E-state index in [-0.39, 0.29) is 41.1 Å². The number of anilines is 3. The monoisotopic (exact) mass is 464 g/mol. The minimum Gasteiger partial charge on any atom is -0.447 e. The maximum atomic E-state index is 14.8. The fourth-order valence-electron chi connectivity index (χ4n) is 3.02. The number of hydrogen-bond acceptors (Lipinski definition) is 8. The maximum Gasteiger partial charge on any atom is 0.404 e. The second kappa shape index (κ2) is 9.30. The lowest BCUT2D eigenvalue weighted by Gasteiger charge is -2.30. The highest BCUT2D eigenvalue weighted by molar-refractivity contribution is 5.65. The van der Waals surface area contributed by atoms with Gasteiger partial charge in [0.15, 0.2) is 5.82 Å². The van der Waals surface area contributed by atoms with Crippen LogP contribution >= 0.6 is 0 Å². The van der Waals surface area contributed by atoms with Gasteiger partial charge in [-0.1, -0.05) is 20.8 Å². The summed E-state index contributed by atoms with van der Waals surface area (Å²) in [6.45, 7) is 5.80. The summed E-state index contributed by atoms with van der Waals surface area (Å²) in [5.41, 5.74) is 10.8. The third-order valence-electron chi connectivity index (χ3n) is 4.68. The number of primary amides is 1. The van der Waals surface area contributed by atoms with Crippen molar-refractivity contribution in [3.8, 4) is 11.1 Å². The Morgan fingerprint density at radius 1 is 1.21 bits per heavy atom. The number of rotatable bonds is 7. The van der Waals surface area contributed by atoms with Crippen molar-refractivity contribution in [1.82, 2.24) is 24.7 Å². The molecule has 3 aromatic rings. The van der Waals surface area contributed by atoms with Crippen molar-refractivity contribution in [3.63, 3.8) is 0 Å². The van der Waals surface area contributed by atoms with Crippen molar-refractivity contribution in [2.45, 2.75) is 33.2 Å². The van der Waals surface area contributed by atoms with Crippen LogP contribution in [0.5, 0.6) is 0 Å². The van der Waals surface area contributed by atoms with E-state index in [0.717, 1.165) is 6.07 Å². The second-order valence-electron chi connectivity index (χ2n) is 8.23. The van der Waals surface area contributed by atoms with E-state index in [9.17, 15) is 18.0 Å². The number of pyridine rings is 1. The molecule has 0 bridgehead atoms. The highest BCUT2D eigenvalue weighted by Crippen LogP contribution is 2.32. The zero-order valence-corrected chi connectivity index (χ0v) is 18.1. The van der Waals surface area contributed by atoms with E-state index in [2.05, 4.69) is 25.4 Å². The molecule has 3 aromatic heterocycles. The molecule has 1 amide bonds. The normalized spacial score (nSPS) is 12.6. The molecule has 1 unspecified atom stereocenters. The third-order valence-corrected chi connectivity index (χ3v) is 4.68. The first kappa shape index (κ1) is 23.8. The van der Waals surface area contributed by atoms with Gasteiger partial charge in [0.1, 0.15) is 29.9 Å². The summed E-state index contributed by atoms with van der Waals surface area (Å²) < 4.78 is 47.1. The summed E-state index contributed by atoms with van der Waals surface area (Å²) >= 11 is 0. The van der Waals surface area contributed by atoms with Crippen LogP contribution in [0.25, 0.3) is 11.1 Å². The summed E-state index contributed by atoms with van der Waals surface area (Å²) in [7, 11) is 0. The molecule has 1 atom stereocenters. The molecule has 0 spiro atoms. The van der Waals surface area contributed by atoms with Gasteiger partial charge in [-0.3, -0.25) is 4.68 Å². The molecule has 0 saturated heterocycles. The van der Waals surface area contributed by atoms with Gasteiger partial charge in [0, 0.05) is 35.7 Å². The van der Waals surface area contributed by atoms with Crippen LogP contribution in [0.3, 0.4) is 0 Å². The van der Waals surface area contributed by atoms with Gasteiger partial charge < -0.3 is 21.5 Å². The van der Waals surface area contributed by atoms with Crippen LogP contribution in [0.1, 0.15) is 39.1 Å². The Kier molecular flexibility index (Phi) is 6.70. The molecule has 5 N–H and O–H groups in total. The number of amides is 1. The number of nitrogens with one attached hydrogen (secondary N) is 1. The first-order valence-corrected chi connectivity index (χ1v) is 9.76. The molecule has 176 valence electrons. The largest absolute Gasteiger partial charge is 0.447 e. The van der Waals surface area contributed by atoms with E-state index in [0.29, 0.717) is 5.56 Å². The number of halogens is 3. The Morgan fingerprint density at radius 2 is 1.94 bits per heavy atom. The lowest BCUT2D eigenvalue weighted by atomic mass is 9.87. The number of hydrogen-bond donors (Lipinski definition) is 3. The molecule has 3 heterocycles. The van der Waals surface area contributed by atoms with Crippen molar-refractivity contribution in [2.75, 3.05) is 17.7 Å². The summed E-state index contributed by atoms with van der Waals surface area (Å²) in [5, 5.41) is 6.91. The minimum absolute atomic E-state index is 0.00773. The fraction of sp³-hybridized carbons (Fsp3) is 0.350. The van der Waals surface area contributed by atoms with Crippen LogP contribution in [-0.2, 0) is 4.74 Å². The number of aromatic nitrogens is 5. The summed E-state index contributed by atoms with van der Waals surface area (Å²) in [6, 6.07) is 1.96. The first-order valence-electron chi connectivity index (χ1n) is 9.76. The van der Waals surface area contributed by atoms with Gasteiger partial charge in [-0.15, -0.1) is 0 Å². The Labute approximate surface area is 187 Å². The topological polar surface area (TPSA) is 147 Å². The van der Waals surface area contributed by atoms with E-state index in [1.165, 1.54) is 18.5 Å². The first-order chi connectivity index (χ1) is 15.4. The molecule has 0 radical (unpaired) electrons. The SMILES string of the molecule is CC(C)(C)C(COC(N)=O)n1cc(-c2cnc(Nc3cc(N)nc(C(F)F)n3)cc2F)cn1. The van der Waals surface area contributed by atoms with Crippen molar-refractivity contribution < 1.29 is 22.7 Å². The highest BCUT2D eigenvalue weighted by Gasteiger charge is 2.29. The lowest BCUT2D eigenvalue weighted by Crippen LogP contribution is -2.31. The van der Waals surface area contributed by atoms with Crippen molar-refractivity contribution in [3.05, 3.63) is 42.4 Å². The Morgan fingerprint density at radius 3 is 2.55 bits per heavy atom. The Balaban J connectivity index is 1.83. The molecule has 10 nitrogen and oxygen atoms in total. The summed E-state index contributed by atoms with van der Waals surface area (Å²) in [6.07, 6.45) is 0.511. The zero-order valence-electron chi connectivity index (χ0n) is 18.1. The number of carbonyl (C=O) groups is 1. The van der Waals surface area contributed by atoms with Crippen LogP contribution < -0.4 is 16.8 Å².